The van der Waals surface area contributed by atoms with Crippen LogP contribution in [0.2, 0.25) is 18.1 Å². The maximum absolute atomic E-state index is 12.5. The van der Waals surface area contributed by atoms with Gasteiger partial charge in [-0.3, -0.25) is 4.79 Å². The third-order valence-electron chi connectivity index (χ3n) is 3.94. The Kier molecular flexibility index (Phi) is 5.87. The summed E-state index contributed by atoms with van der Waals surface area (Å²) in [5.41, 5.74) is -6.70. The summed E-state index contributed by atoms with van der Waals surface area (Å²) in [6, 6.07) is 0.844. The highest BCUT2D eigenvalue weighted by atomic mass is 32.2. The van der Waals surface area contributed by atoms with Gasteiger partial charge < -0.3 is 13.0 Å². The molecule has 0 saturated carbocycles. The van der Waals surface area contributed by atoms with Crippen LogP contribution in [0.1, 0.15) is 32.3 Å². The lowest BCUT2D eigenvalue weighted by molar-refractivity contribution is -0.0501. The van der Waals surface area contributed by atoms with Crippen molar-refractivity contribution in [2.45, 2.75) is 57.9 Å². The minimum Gasteiger partial charge on any atom is -0.460 e. The summed E-state index contributed by atoms with van der Waals surface area (Å²) in [7, 11) is -8.32. The lowest BCUT2D eigenvalue weighted by Gasteiger charge is -2.36. The Bertz CT molecular complexity index is 790. The van der Waals surface area contributed by atoms with Crippen molar-refractivity contribution in [1.82, 2.24) is 0 Å². The molecule has 0 amide bonds. The lowest BCUT2D eigenvalue weighted by atomic mass is 10.2. The molecule has 6 nitrogen and oxygen atoms in total. The summed E-state index contributed by atoms with van der Waals surface area (Å²) >= 11 is 0. The molecule has 0 bridgehead atoms. The first-order valence-electron chi connectivity index (χ1n) is 7.26. The minimum atomic E-state index is -6.00. The molecule has 0 fully saturated rings. The fraction of sp³-hybridized carbons (Fsp3) is 0.643. The topological polar surface area (TPSA) is 82.8 Å². The highest BCUT2D eigenvalue weighted by Gasteiger charge is 2.49. The molecule has 0 atom stereocenters. The first-order chi connectivity index (χ1) is 11.0. The fourth-order valence-electron chi connectivity index (χ4n) is 1.46. The van der Waals surface area contributed by atoms with Crippen LogP contribution in [0.4, 0.5) is 13.2 Å². The Morgan fingerprint density at radius 1 is 1.20 bits per heavy atom. The van der Waals surface area contributed by atoms with Crippen molar-refractivity contribution in [3.8, 4) is 5.75 Å². The second kappa shape index (κ2) is 6.76. The van der Waals surface area contributed by atoms with Gasteiger partial charge in [0.15, 0.2) is 14.1 Å². The molecular formula is C14H21F3O6SSi. The van der Waals surface area contributed by atoms with E-state index < -0.39 is 40.9 Å². The Labute approximate surface area is 145 Å². The van der Waals surface area contributed by atoms with Crippen LogP contribution in [-0.4, -0.2) is 22.2 Å². The Balaban J connectivity index is 3.28. The molecule has 0 spiro atoms. The lowest BCUT2D eigenvalue weighted by Crippen LogP contribution is -2.40. The number of aryl methyl sites for hydroxylation is 1. The van der Waals surface area contributed by atoms with E-state index in [1.807, 2.05) is 33.9 Å². The monoisotopic (exact) mass is 402 g/mol. The molecule has 1 rings (SSSR count). The average Bonchev–Trinajstić information content (AvgIpc) is 2.37. The van der Waals surface area contributed by atoms with E-state index in [1.54, 1.807) is 0 Å². The fourth-order valence-corrected chi connectivity index (χ4v) is 2.87. The van der Waals surface area contributed by atoms with Crippen molar-refractivity contribution in [3.05, 3.63) is 27.8 Å². The van der Waals surface area contributed by atoms with Gasteiger partial charge in [-0.2, -0.15) is 21.6 Å². The van der Waals surface area contributed by atoms with E-state index in [9.17, 15) is 26.4 Å². The largest absolute Gasteiger partial charge is 0.534 e. The van der Waals surface area contributed by atoms with E-state index in [1.165, 1.54) is 6.92 Å². The number of alkyl halides is 3. The standard InChI is InChI=1S/C14H21F3O6SSi/c1-9-7-10(18)12(23-24(19,20)14(15,16)17)11(22-9)8-21-25(5,6)13(2,3)4/h7H,8H2,1-6H3. The highest BCUT2D eigenvalue weighted by Crippen LogP contribution is 2.37. The predicted molar refractivity (Wildman–Crippen MR) is 87.3 cm³/mol. The number of rotatable bonds is 5. The van der Waals surface area contributed by atoms with Crippen molar-refractivity contribution in [2.75, 3.05) is 0 Å². The van der Waals surface area contributed by atoms with E-state index in [4.69, 9.17) is 8.84 Å². The maximum Gasteiger partial charge on any atom is 0.534 e. The summed E-state index contributed by atoms with van der Waals surface area (Å²) in [6.07, 6.45) is 0. The van der Waals surface area contributed by atoms with Crippen molar-refractivity contribution in [3.63, 3.8) is 0 Å². The SMILES string of the molecule is Cc1cc(=O)c(OS(=O)(=O)C(F)(F)F)c(CO[Si](C)(C)C(C)(C)C)o1. The second-order valence-corrected chi connectivity index (χ2v) is 13.4. The molecule has 0 aliphatic heterocycles. The van der Waals surface area contributed by atoms with Gasteiger partial charge in [-0.1, -0.05) is 20.8 Å². The molecule has 0 unspecified atom stereocenters. The molecule has 11 heteroatoms. The molecule has 144 valence electrons. The van der Waals surface area contributed by atoms with Gasteiger partial charge in [-0.15, -0.1) is 0 Å². The van der Waals surface area contributed by atoms with Gasteiger partial charge in [0.25, 0.3) is 0 Å². The minimum absolute atomic E-state index is 0.0931. The highest BCUT2D eigenvalue weighted by molar-refractivity contribution is 7.88. The van der Waals surface area contributed by atoms with Gasteiger partial charge in [-0.05, 0) is 25.1 Å². The summed E-state index contributed by atoms with van der Waals surface area (Å²) in [6.45, 7) is 10.6. The van der Waals surface area contributed by atoms with Crippen molar-refractivity contribution >= 4 is 18.4 Å². The molecule has 0 saturated heterocycles. The number of halogens is 3. The smallest absolute Gasteiger partial charge is 0.460 e. The molecule has 25 heavy (non-hydrogen) atoms. The van der Waals surface area contributed by atoms with E-state index in [-0.39, 0.29) is 17.4 Å². The molecule has 0 aromatic carbocycles. The van der Waals surface area contributed by atoms with Crippen LogP contribution in [0.3, 0.4) is 0 Å². The molecule has 0 aliphatic carbocycles. The molecule has 0 N–H and O–H groups in total. The van der Waals surface area contributed by atoms with Gasteiger partial charge in [0.2, 0.25) is 11.2 Å². The first kappa shape index (κ1) is 21.7. The Morgan fingerprint density at radius 2 is 1.72 bits per heavy atom. The summed E-state index contributed by atoms with van der Waals surface area (Å²) in [4.78, 5) is 11.9. The van der Waals surface area contributed by atoms with Crippen LogP contribution in [-0.2, 0) is 21.2 Å². The Morgan fingerprint density at radius 3 is 2.16 bits per heavy atom. The summed E-state index contributed by atoms with van der Waals surface area (Å²) in [5.74, 6) is -1.35. The molecule has 1 aromatic heterocycles. The third kappa shape index (κ3) is 5.08. The van der Waals surface area contributed by atoms with E-state index in [2.05, 4.69) is 4.18 Å². The predicted octanol–water partition coefficient (Wildman–Crippen LogP) is 3.70. The van der Waals surface area contributed by atoms with Crippen LogP contribution in [0.25, 0.3) is 0 Å². The molecule has 1 aromatic rings. The average molecular weight is 402 g/mol. The van der Waals surface area contributed by atoms with Crippen LogP contribution in [0.15, 0.2) is 15.3 Å². The zero-order valence-corrected chi connectivity index (χ0v) is 16.6. The van der Waals surface area contributed by atoms with Crippen LogP contribution >= 0.6 is 0 Å². The second-order valence-electron chi connectivity index (χ2n) is 7.01. The normalized spacial score (nSPS) is 13.8. The molecule has 0 radical (unpaired) electrons. The van der Waals surface area contributed by atoms with Gasteiger partial charge in [-0.25, -0.2) is 0 Å². The zero-order chi connectivity index (χ0) is 19.8. The van der Waals surface area contributed by atoms with Crippen molar-refractivity contribution < 1.29 is 34.6 Å². The maximum atomic E-state index is 12.5. The van der Waals surface area contributed by atoms with E-state index >= 15 is 0 Å². The van der Waals surface area contributed by atoms with Gasteiger partial charge in [0.1, 0.15) is 5.76 Å². The third-order valence-corrected chi connectivity index (χ3v) is 9.37. The van der Waals surface area contributed by atoms with Crippen molar-refractivity contribution in [1.29, 1.82) is 0 Å². The summed E-state index contributed by atoms with van der Waals surface area (Å²) in [5, 5.41) is -0.212. The Hall–Kier alpha value is -1.33. The first-order valence-corrected chi connectivity index (χ1v) is 11.6. The zero-order valence-electron chi connectivity index (χ0n) is 14.8. The van der Waals surface area contributed by atoms with Crippen LogP contribution in [0, 0.1) is 6.92 Å². The van der Waals surface area contributed by atoms with Crippen LogP contribution < -0.4 is 9.61 Å². The molecule has 1 heterocycles. The molecular weight excluding hydrogens is 381 g/mol. The van der Waals surface area contributed by atoms with Crippen molar-refractivity contribution in [2.24, 2.45) is 0 Å². The van der Waals surface area contributed by atoms with E-state index in [0.29, 0.717) is 0 Å². The number of hydrogen-bond donors (Lipinski definition) is 0. The summed E-state index contributed by atoms with van der Waals surface area (Å²) < 4.78 is 75.0. The molecule has 0 aliphatic rings. The number of hydrogen-bond acceptors (Lipinski definition) is 6. The van der Waals surface area contributed by atoms with Gasteiger partial charge >= 0.3 is 15.6 Å². The van der Waals surface area contributed by atoms with Gasteiger partial charge in [0, 0.05) is 6.07 Å². The van der Waals surface area contributed by atoms with Crippen LogP contribution in [0.5, 0.6) is 5.75 Å². The quantitative estimate of drug-likeness (QED) is 0.424. The van der Waals surface area contributed by atoms with E-state index in [0.717, 1.165) is 6.07 Å². The van der Waals surface area contributed by atoms with Gasteiger partial charge in [0.05, 0.1) is 6.61 Å².